The zero-order valence-electron chi connectivity index (χ0n) is 15.5. The van der Waals surface area contributed by atoms with Gasteiger partial charge in [-0.1, -0.05) is 0 Å². The smallest absolute Gasteiger partial charge is 0.147 e. The minimum atomic E-state index is -0.982. The molecule has 2 rings (SSSR count). The van der Waals surface area contributed by atoms with Gasteiger partial charge < -0.3 is 0 Å². The van der Waals surface area contributed by atoms with Crippen molar-refractivity contribution in [2.75, 3.05) is 0 Å². The topological polar surface area (TPSA) is 0 Å². The Morgan fingerprint density at radius 1 is 0.739 bits per heavy atom. The largest absolute Gasteiger partial charge is 0.147 e. The molecule has 0 aliphatic heterocycles. The predicted molar refractivity (Wildman–Crippen MR) is 112 cm³/mol. The standard InChI is InChI=1S/2C9H15Si.2ClH.Zr/c2*1-10(2,3)8-9-6-4-5-7-9;;;/h2*4,6H,5,8H2,1-3H3;2*1H;. The molecule has 0 saturated heterocycles. The second-order valence-corrected chi connectivity index (χ2v) is 23.4. The second kappa shape index (κ2) is 9.53. The van der Waals surface area contributed by atoms with E-state index in [9.17, 15) is 0 Å². The van der Waals surface area contributed by atoms with E-state index >= 15 is 0 Å². The third-order valence-electron chi connectivity index (χ3n) is 3.80. The van der Waals surface area contributed by atoms with Crippen LogP contribution < -0.4 is 0 Å². The van der Waals surface area contributed by atoms with Gasteiger partial charge in [0.15, 0.2) is 0 Å². The molecule has 0 saturated carbocycles. The van der Waals surface area contributed by atoms with E-state index in [2.05, 4.69) is 63.6 Å². The quantitative estimate of drug-likeness (QED) is 0.369. The van der Waals surface area contributed by atoms with Crippen molar-refractivity contribution >= 4 is 41.0 Å². The molecular weight excluding hydrogens is 435 g/mol. The van der Waals surface area contributed by atoms with Gasteiger partial charge in [0.05, 0.1) is 0 Å². The Bertz CT molecular complexity index is 484. The van der Waals surface area contributed by atoms with Crippen LogP contribution in [0.25, 0.3) is 0 Å². The predicted octanol–water partition coefficient (Wildman–Crippen LogP) is 7.02. The van der Waals surface area contributed by atoms with Gasteiger partial charge in [-0.3, -0.25) is 0 Å². The fourth-order valence-corrected chi connectivity index (χ4v) is 10.4. The normalized spacial score (nSPS) is 17.5. The zero-order valence-corrected chi connectivity index (χ0v) is 21.5. The van der Waals surface area contributed by atoms with Crippen LogP contribution in [-0.4, -0.2) is 16.1 Å². The van der Waals surface area contributed by atoms with E-state index < -0.39 is 39.4 Å². The maximum Gasteiger partial charge on any atom is -0.147 e. The minimum Gasteiger partial charge on any atom is -0.147 e. The summed E-state index contributed by atoms with van der Waals surface area (Å²) in [6, 6.07) is 2.79. The molecule has 2 aliphatic carbocycles. The van der Waals surface area contributed by atoms with Crippen LogP contribution in [0.4, 0.5) is 0 Å². The molecule has 5 heteroatoms. The summed E-state index contributed by atoms with van der Waals surface area (Å²) in [5.41, 5.74) is 3.49. The second-order valence-electron chi connectivity index (χ2n) is 8.82. The summed E-state index contributed by atoms with van der Waals surface area (Å²) in [6.07, 6.45) is 12.3. The molecule has 0 aromatic rings. The van der Waals surface area contributed by atoms with Crippen LogP contribution in [0.5, 0.6) is 0 Å². The molecule has 130 valence electrons. The van der Waals surface area contributed by atoms with Crippen LogP contribution in [0.2, 0.25) is 51.4 Å². The Morgan fingerprint density at radius 2 is 1.09 bits per heavy atom. The van der Waals surface area contributed by atoms with E-state index in [1.165, 1.54) is 24.9 Å². The molecular formula is C18H32Cl2Si2Zr. The van der Waals surface area contributed by atoms with Gasteiger partial charge in [0.1, 0.15) is 0 Å². The number of hydrogen-bond donors (Lipinski definition) is 0. The molecule has 0 unspecified atom stereocenters. The Labute approximate surface area is 169 Å². The fourth-order valence-electron chi connectivity index (χ4n) is 3.02. The Hall–Kier alpha value is 0.857. The molecule has 0 fully saturated rings. The van der Waals surface area contributed by atoms with Crippen molar-refractivity contribution < 1.29 is 23.2 Å². The first-order chi connectivity index (χ1) is 9.64. The number of halogens is 2. The summed E-state index contributed by atoms with van der Waals surface area (Å²) >= 11 is -0.509. The molecule has 23 heavy (non-hydrogen) atoms. The van der Waals surface area contributed by atoms with Crippen molar-refractivity contribution in [3.05, 3.63) is 42.0 Å². The molecule has 0 N–H and O–H groups in total. The average molecular weight is 467 g/mol. The summed E-state index contributed by atoms with van der Waals surface area (Å²) in [7, 11) is -1.96. The number of hydrogen-bond acceptors (Lipinski definition) is 0. The van der Waals surface area contributed by atoms with Crippen molar-refractivity contribution in [2.45, 2.75) is 64.2 Å². The van der Waals surface area contributed by atoms with Gasteiger partial charge in [-0.15, -0.1) is 24.8 Å². The molecule has 0 nitrogen and oxygen atoms in total. The van der Waals surface area contributed by atoms with E-state index in [0.717, 1.165) is 0 Å². The Morgan fingerprint density at radius 3 is 1.39 bits per heavy atom. The van der Waals surface area contributed by atoms with Gasteiger partial charge in [0.25, 0.3) is 0 Å². The van der Waals surface area contributed by atoms with E-state index in [1.54, 1.807) is 11.1 Å². The number of rotatable bonds is 6. The first-order valence-corrected chi connectivity index (χ1v) is 18.1. The summed E-state index contributed by atoms with van der Waals surface area (Å²) in [6.45, 7) is 15.0. The van der Waals surface area contributed by atoms with E-state index in [1.807, 2.05) is 6.56 Å². The molecule has 0 radical (unpaired) electrons. The zero-order chi connectivity index (χ0) is 15.7. The van der Waals surface area contributed by atoms with Crippen LogP contribution in [0.15, 0.2) is 42.0 Å². The third kappa shape index (κ3) is 8.18. The van der Waals surface area contributed by atoms with Crippen molar-refractivity contribution in [1.29, 1.82) is 0 Å². The first-order valence-electron chi connectivity index (χ1n) is 8.18. The van der Waals surface area contributed by atoms with E-state index in [-0.39, 0.29) is 24.8 Å². The summed E-state index contributed by atoms with van der Waals surface area (Å²) in [4.78, 5) is 0. The summed E-state index contributed by atoms with van der Waals surface area (Å²) in [5, 5.41) is 0. The van der Waals surface area contributed by atoms with Crippen LogP contribution in [0, 0.1) is 0 Å². The molecule has 0 bridgehead atoms. The van der Waals surface area contributed by atoms with Crippen LogP contribution in [0.1, 0.15) is 12.8 Å². The molecule has 0 aromatic carbocycles. The van der Waals surface area contributed by atoms with Crippen LogP contribution in [0.3, 0.4) is 0 Å². The van der Waals surface area contributed by atoms with Crippen molar-refractivity contribution in [2.24, 2.45) is 0 Å². The molecule has 0 amide bonds. The molecule has 0 heterocycles. The minimum absolute atomic E-state index is 0. The van der Waals surface area contributed by atoms with Crippen LogP contribution >= 0.6 is 24.8 Å². The van der Waals surface area contributed by atoms with Crippen molar-refractivity contribution in [3.63, 3.8) is 0 Å². The molecule has 2 aliphatic rings. The summed E-state index contributed by atoms with van der Waals surface area (Å²) < 4.78 is 3.76. The Kier molecular flexibility index (Phi) is 9.88. The average Bonchev–Trinajstić information content (AvgIpc) is 2.86. The number of allylic oxidation sites excluding steroid dienone is 8. The molecule has 0 aromatic heterocycles. The molecule has 0 spiro atoms. The van der Waals surface area contributed by atoms with Gasteiger partial charge in [-0.2, -0.15) is 0 Å². The van der Waals surface area contributed by atoms with Gasteiger partial charge in [0, 0.05) is 0 Å². The molecule has 0 atom stereocenters. The monoisotopic (exact) mass is 464 g/mol. The van der Waals surface area contributed by atoms with Gasteiger partial charge in [-0.25, -0.2) is 0 Å². The summed E-state index contributed by atoms with van der Waals surface area (Å²) in [5.74, 6) is 0. The van der Waals surface area contributed by atoms with Crippen molar-refractivity contribution in [3.8, 4) is 0 Å². The van der Waals surface area contributed by atoms with E-state index in [4.69, 9.17) is 0 Å². The van der Waals surface area contributed by atoms with Gasteiger partial charge in [0.2, 0.25) is 0 Å². The SMILES string of the molecule is C[Si](C)(C)CC1=[C]([Zr][C]2=C(C[Si](C)(C)C)C=CC2)CC=C1.Cl.Cl. The Balaban J connectivity index is 0.00000242. The van der Waals surface area contributed by atoms with Crippen molar-refractivity contribution in [1.82, 2.24) is 0 Å². The van der Waals surface area contributed by atoms with Crippen LogP contribution in [-0.2, 0) is 23.2 Å². The maximum absolute atomic E-state index is 2.50. The first kappa shape index (κ1) is 23.9. The third-order valence-corrected chi connectivity index (χ3v) is 10.7. The van der Waals surface area contributed by atoms with Gasteiger partial charge >= 0.3 is 146 Å². The van der Waals surface area contributed by atoms with Gasteiger partial charge in [-0.05, 0) is 0 Å². The van der Waals surface area contributed by atoms with E-state index in [0.29, 0.717) is 0 Å². The maximum atomic E-state index is 2.50. The fraction of sp³-hybridized carbons (Fsp3) is 0.556.